The van der Waals surface area contributed by atoms with Crippen molar-refractivity contribution in [3.8, 4) is 0 Å². The van der Waals surface area contributed by atoms with Crippen LogP contribution >= 0.6 is 0 Å². The minimum Gasteiger partial charge on any atom is -0.480 e. The Balaban J connectivity index is 4.15. The highest BCUT2D eigenvalue weighted by atomic mass is 16.5. The molecule has 0 aliphatic carbocycles. The van der Waals surface area contributed by atoms with Crippen molar-refractivity contribution in [2.45, 2.75) is 26.0 Å². The summed E-state index contributed by atoms with van der Waals surface area (Å²) in [6, 6.07) is -1.21. The molecule has 0 radical (unpaired) electrons. The first-order chi connectivity index (χ1) is 5.86. The lowest BCUT2D eigenvalue weighted by atomic mass is 10.2. The summed E-state index contributed by atoms with van der Waals surface area (Å²) in [6.45, 7) is 6.24. The average molecular weight is 187 g/mol. The van der Waals surface area contributed by atoms with Crippen LogP contribution in [0.15, 0.2) is 12.2 Å². The van der Waals surface area contributed by atoms with Crippen molar-refractivity contribution in [1.29, 1.82) is 0 Å². The van der Waals surface area contributed by atoms with Gasteiger partial charge in [0.25, 0.3) is 0 Å². The van der Waals surface area contributed by atoms with E-state index in [9.17, 15) is 9.59 Å². The van der Waals surface area contributed by atoms with Gasteiger partial charge in [-0.3, -0.25) is 4.79 Å². The van der Waals surface area contributed by atoms with E-state index in [0.717, 1.165) is 0 Å². The summed E-state index contributed by atoms with van der Waals surface area (Å²) in [5, 5.41) is 8.47. The average Bonchev–Trinajstić information content (AvgIpc) is 2.02. The zero-order valence-corrected chi connectivity index (χ0v) is 7.61. The monoisotopic (exact) mass is 187 g/mol. The second-order valence-corrected chi connectivity index (χ2v) is 2.75. The van der Waals surface area contributed by atoms with Crippen LogP contribution in [-0.2, 0) is 14.3 Å². The van der Waals surface area contributed by atoms with E-state index in [1.165, 1.54) is 13.8 Å². The predicted molar refractivity (Wildman–Crippen MR) is 46.0 cm³/mol. The first-order valence-corrected chi connectivity index (χ1v) is 3.71. The summed E-state index contributed by atoms with van der Waals surface area (Å²) in [5.41, 5.74) is 5.41. The van der Waals surface area contributed by atoms with Gasteiger partial charge in [-0.25, -0.2) is 4.79 Å². The Hall–Kier alpha value is -1.36. The molecule has 0 saturated heterocycles. The van der Waals surface area contributed by atoms with Crippen molar-refractivity contribution in [3.63, 3.8) is 0 Å². The van der Waals surface area contributed by atoms with Crippen LogP contribution in [0.1, 0.15) is 13.8 Å². The minimum absolute atomic E-state index is 0.212. The van der Waals surface area contributed by atoms with Crippen molar-refractivity contribution in [2.24, 2.45) is 5.73 Å². The summed E-state index contributed by atoms with van der Waals surface area (Å²) in [6.07, 6.45) is -0.860. The molecule has 0 spiro atoms. The fraction of sp³-hybridized carbons (Fsp3) is 0.500. The van der Waals surface area contributed by atoms with E-state index in [1.807, 2.05) is 0 Å². The molecule has 0 amide bonds. The molecule has 0 aliphatic rings. The van der Waals surface area contributed by atoms with Crippen molar-refractivity contribution in [1.82, 2.24) is 0 Å². The molecule has 0 heterocycles. The molecular weight excluding hydrogens is 174 g/mol. The highest BCUT2D eigenvalue weighted by Crippen LogP contribution is 2.01. The van der Waals surface area contributed by atoms with Gasteiger partial charge in [0, 0.05) is 5.57 Å². The third-order valence-corrected chi connectivity index (χ3v) is 1.43. The number of carbonyl (C=O) groups is 2. The molecule has 3 N–H and O–H groups in total. The van der Waals surface area contributed by atoms with E-state index in [2.05, 4.69) is 6.58 Å². The Morgan fingerprint density at radius 3 is 2.31 bits per heavy atom. The number of carboxylic acids is 1. The number of rotatable bonds is 4. The van der Waals surface area contributed by atoms with Crippen LogP contribution in [0.3, 0.4) is 0 Å². The maximum absolute atomic E-state index is 10.9. The van der Waals surface area contributed by atoms with Gasteiger partial charge in [-0.2, -0.15) is 0 Å². The van der Waals surface area contributed by atoms with Gasteiger partial charge in [-0.05, 0) is 13.8 Å². The van der Waals surface area contributed by atoms with E-state index >= 15 is 0 Å². The molecule has 0 fully saturated rings. The molecule has 74 valence electrons. The number of hydrogen-bond acceptors (Lipinski definition) is 4. The molecule has 0 aromatic carbocycles. The molecule has 0 aromatic heterocycles. The highest BCUT2D eigenvalue weighted by molar-refractivity contribution is 5.87. The molecule has 0 aromatic rings. The van der Waals surface area contributed by atoms with Crippen molar-refractivity contribution in [3.05, 3.63) is 12.2 Å². The Labute approximate surface area is 76.2 Å². The van der Waals surface area contributed by atoms with E-state index in [1.54, 1.807) is 0 Å². The Bertz CT molecular complexity index is 236. The summed E-state index contributed by atoms with van der Waals surface area (Å²) >= 11 is 0. The van der Waals surface area contributed by atoms with Gasteiger partial charge in [0.05, 0.1) is 0 Å². The number of aliphatic carboxylic acids is 1. The third-order valence-electron chi connectivity index (χ3n) is 1.43. The molecule has 0 aliphatic heterocycles. The van der Waals surface area contributed by atoms with Crippen LogP contribution < -0.4 is 5.73 Å². The van der Waals surface area contributed by atoms with Crippen LogP contribution in [0, 0.1) is 0 Å². The van der Waals surface area contributed by atoms with Gasteiger partial charge >= 0.3 is 11.9 Å². The summed E-state index contributed by atoms with van der Waals surface area (Å²) in [4.78, 5) is 21.3. The van der Waals surface area contributed by atoms with Crippen LogP contribution in [0.25, 0.3) is 0 Å². The zero-order valence-electron chi connectivity index (χ0n) is 7.61. The smallest absolute Gasteiger partial charge is 0.333 e. The standard InChI is InChI=1S/C8H13NO4/c1-4(2)8(12)13-5(3)6(9)7(10)11/h5-6H,1,9H2,2-3H3,(H,10,11)/t5?,6-/m0/s1. The van der Waals surface area contributed by atoms with Crippen molar-refractivity contribution < 1.29 is 19.4 Å². The largest absolute Gasteiger partial charge is 0.480 e. The molecule has 0 bridgehead atoms. The summed E-state index contributed by atoms with van der Waals surface area (Å²) in [7, 11) is 0. The fourth-order valence-electron chi connectivity index (χ4n) is 0.544. The molecule has 1 unspecified atom stereocenters. The van der Waals surface area contributed by atoms with Crippen LogP contribution in [-0.4, -0.2) is 29.2 Å². The predicted octanol–water partition coefficient (Wildman–Crippen LogP) is -0.0939. The van der Waals surface area contributed by atoms with Crippen LogP contribution in [0.4, 0.5) is 0 Å². The number of ether oxygens (including phenoxy) is 1. The molecule has 2 atom stereocenters. The van der Waals surface area contributed by atoms with Gasteiger partial charge in [-0.1, -0.05) is 6.58 Å². The van der Waals surface area contributed by atoms with Crippen LogP contribution in [0.2, 0.25) is 0 Å². The quantitative estimate of drug-likeness (QED) is 0.474. The van der Waals surface area contributed by atoms with E-state index < -0.39 is 24.1 Å². The van der Waals surface area contributed by atoms with Gasteiger partial charge in [0.2, 0.25) is 0 Å². The first-order valence-electron chi connectivity index (χ1n) is 3.71. The van der Waals surface area contributed by atoms with Crippen molar-refractivity contribution >= 4 is 11.9 Å². The second kappa shape index (κ2) is 4.61. The molecule has 5 heteroatoms. The molecule has 0 rings (SSSR count). The van der Waals surface area contributed by atoms with Gasteiger partial charge in [-0.15, -0.1) is 0 Å². The topological polar surface area (TPSA) is 89.6 Å². The number of carbonyl (C=O) groups excluding carboxylic acids is 1. The fourth-order valence-corrected chi connectivity index (χ4v) is 0.544. The third kappa shape index (κ3) is 3.71. The highest BCUT2D eigenvalue weighted by Gasteiger charge is 2.23. The number of carboxylic acid groups (broad SMARTS) is 1. The minimum atomic E-state index is -1.21. The van der Waals surface area contributed by atoms with E-state index in [4.69, 9.17) is 15.6 Å². The van der Waals surface area contributed by atoms with Crippen LogP contribution in [0.5, 0.6) is 0 Å². The maximum atomic E-state index is 10.9. The normalized spacial score (nSPS) is 14.4. The lowest BCUT2D eigenvalue weighted by Gasteiger charge is -2.16. The van der Waals surface area contributed by atoms with Gasteiger partial charge < -0.3 is 15.6 Å². The lowest BCUT2D eigenvalue weighted by molar-refractivity contribution is -0.150. The van der Waals surface area contributed by atoms with Gasteiger partial charge in [0.1, 0.15) is 12.1 Å². The number of nitrogens with two attached hydrogens (primary N) is 1. The Morgan fingerprint density at radius 1 is 1.54 bits per heavy atom. The van der Waals surface area contributed by atoms with E-state index in [-0.39, 0.29) is 5.57 Å². The number of hydrogen-bond donors (Lipinski definition) is 2. The lowest BCUT2D eigenvalue weighted by Crippen LogP contribution is -2.42. The van der Waals surface area contributed by atoms with Gasteiger partial charge in [0.15, 0.2) is 0 Å². The van der Waals surface area contributed by atoms with Crippen molar-refractivity contribution in [2.75, 3.05) is 0 Å². The van der Waals surface area contributed by atoms with E-state index in [0.29, 0.717) is 0 Å². The summed E-state index contributed by atoms with van der Waals surface area (Å²) < 4.78 is 4.69. The zero-order chi connectivity index (χ0) is 10.6. The Morgan fingerprint density at radius 2 is 2.00 bits per heavy atom. The number of esters is 1. The second-order valence-electron chi connectivity index (χ2n) is 2.75. The SMILES string of the molecule is C=C(C)C(=O)OC(C)[C@H](N)C(=O)O. The maximum Gasteiger partial charge on any atom is 0.333 e. The summed E-state index contributed by atoms with van der Waals surface area (Å²) in [5.74, 6) is -1.84. The Kier molecular flexibility index (Phi) is 4.13. The molecule has 5 nitrogen and oxygen atoms in total. The molecule has 13 heavy (non-hydrogen) atoms. The molecular formula is C8H13NO4. The molecule has 0 saturated carbocycles. The first kappa shape index (κ1) is 11.6.